The second-order valence-corrected chi connectivity index (χ2v) is 6.73. The van der Waals surface area contributed by atoms with E-state index in [0.717, 1.165) is 10.2 Å². The first kappa shape index (κ1) is 16.6. The standard InChI is InChI=1S/C18H11Cl2N3O3/c19-10-3-1-2-9(6-10)8-23-18(26)14-15(17(25)22-23)21-13-7-11(20)4-5-12(13)16(14)24/h1-7H,8H2,(H,21,24)(H,22,25). The van der Waals surface area contributed by atoms with Gasteiger partial charge in [0.05, 0.1) is 12.1 Å². The molecule has 4 rings (SSSR count). The highest BCUT2D eigenvalue weighted by molar-refractivity contribution is 6.31. The van der Waals surface area contributed by atoms with Crippen LogP contribution >= 0.6 is 23.2 Å². The van der Waals surface area contributed by atoms with E-state index in [1.165, 1.54) is 12.1 Å². The van der Waals surface area contributed by atoms with E-state index in [1.54, 1.807) is 30.3 Å². The second kappa shape index (κ2) is 6.16. The van der Waals surface area contributed by atoms with Crippen LogP contribution < -0.4 is 16.5 Å². The SMILES string of the molecule is O=c1[nH]n(Cc2cccc(Cl)c2)c(=O)c2c(=O)c3ccc(Cl)cc3[nH]c12. The molecule has 2 N–H and O–H groups in total. The summed E-state index contributed by atoms with van der Waals surface area (Å²) in [6.45, 7) is 0.0860. The summed E-state index contributed by atoms with van der Waals surface area (Å²) in [7, 11) is 0. The smallest absolute Gasteiger partial charge is 0.287 e. The molecule has 2 aromatic carbocycles. The van der Waals surface area contributed by atoms with Gasteiger partial charge in [0.25, 0.3) is 11.1 Å². The number of nitrogens with zero attached hydrogens (tertiary/aromatic N) is 1. The molecule has 6 nitrogen and oxygen atoms in total. The Bertz CT molecular complexity index is 1350. The van der Waals surface area contributed by atoms with Gasteiger partial charge in [-0.3, -0.25) is 19.5 Å². The van der Waals surface area contributed by atoms with Crippen molar-refractivity contribution in [3.05, 3.63) is 89.0 Å². The fourth-order valence-electron chi connectivity index (χ4n) is 2.93. The van der Waals surface area contributed by atoms with Gasteiger partial charge in [0, 0.05) is 15.4 Å². The van der Waals surface area contributed by atoms with E-state index in [9.17, 15) is 14.4 Å². The molecule has 26 heavy (non-hydrogen) atoms. The molecule has 2 heterocycles. The number of benzene rings is 2. The predicted molar refractivity (Wildman–Crippen MR) is 103 cm³/mol. The molecule has 130 valence electrons. The zero-order valence-electron chi connectivity index (χ0n) is 13.2. The Balaban J connectivity index is 2.02. The number of rotatable bonds is 2. The number of hydrogen-bond donors (Lipinski definition) is 2. The quantitative estimate of drug-likeness (QED) is 0.518. The highest BCUT2D eigenvalue weighted by atomic mass is 35.5. The van der Waals surface area contributed by atoms with Crippen LogP contribution in [-0.4, -0.2) is 14.8 Å². The van der Waals surface area contributed by atoms with Crippen molar-refractivity contribution in [2.24, 2.45) is 0 Å². The Morgan fingerprint density at radius 3 is 2.50 bits per heavy atom. The van der Waals surface area contributed by atoms with Crippen molar-refractivity contribution < 1.29 is 0 Å². The van der Waals surface area contributed by atoms with Crippen molar-refractivity contribution in [3.8, 4) is 0 Å². The lowest BCUT2D eigenvalue weighted by Gasteiger charge is -2.08. The molecule has 0 aliphatic carbocycles. The monoisotopic (exact) mass is 387 g/mol. The van der Waals surface area contributed by atoms with Crippen molar-refractivity contribution in [1.82, 2.24) is 14.8 Å². The van der Waals surface area contributed by atoms with Crippen LogP contribution in [0.5, 0.6) is 0 Å². The van der Waals surface area contributed by atoms with E-state index < -0.39 is 16.5 Å². The summed E-state index contributed by atoms with van der Waals surface area (Å²) in [4.78, 5) is 40.9. The van der Waals surface area contributed by atoms with Crippen LogP contribution in [0.4, 0.5) is 0 Å². The Kier molecular flexibility index (Phi) is 3.94. The molecule has 0 bridgehead atoms. The molecule has 4 aromatic rings. The Labute approximate surface area is 155 Å². The van der Waals surface area contributed by atoms with Gasteiger partial charge in [-0.1, -0.05) is 35.3 Å². The summed E-state index contributed by atoms with van der Waals surface area (Å²) in [5.74, 6) is 0. The minimum atomic E-state index is -0.585. The van der Waals surface area contributed by atoms with Crippen LogP contribution in [0.3, 0.4) is 0 Å². The maximum atomic E-state index is 12.8. The number of aromatic nitrogens is 3. The lowest BCUT2D eigenvalue weighted by molar-refractivity contribution is 0.636. The van der Waals surface area contributed by atoms with Crippen LogP contribution in [0, 0.1) is 0 Å². The van der Waals surface area contributed by atoms with Crippen molar-refractivity contribution in [2.45, 2.75) is 6.54 Å². The third-order valence-corrected chi connectivity index (χ3v) is 4.59. The van der Waals surface area contributed by atoms with Crippen LogP contribution in [0.25, 0.3) is 21.8 Å². The molecule has 2 aromatic heterocycles. The lowest BCUT2D eigenvalue weighted by Crippen LogP contribution is -2.34. The van der Waals surface area contributed by atoms with Gasteiger partial charge >= 0.3 is 0 Å². The van der Waals surface area contributed by atoms with E-state index in [4.69, 9.17) is 23.2 Å². The molecule has 0 fully saturated rings. The first-order valence-electron chi connectivity index (χ1n) is 7.67. The van der Waals surface area contributed by atoms with Gasteiger partial charge in [0.2, 0.25) is 5.43 Å². The number of nitrogens with one attached hydrogen (secondary N) is 2. The number of hydrogen-bond acceptors (Lipinski definition) is 3. The molecule has 0 radical (unpaired) electrons. The second-order valence-electron chi connectivity index (χ2n) is 5.86. The van der Waals surface area contributed by atoms with Gasteiger partial charge in [0.1, 0.15) is 10.9 Å². The first-order chi connectivity index (χ1) is 12.4. The molecular formula is C18H11Cl2N3O3. The summed E-state index contributed by atoms with van der Waals surface area (Å²) in [6, 6.07) is 11.5. The molecule has 0 saturated carbocycles. The highest BCUT2D eigenvalue weighted by Gasteiger charge is 2.15. The predicted octanol–water partition coefficient (Wildman–Crippen LogP) is 2.89. The molecule has 0 saturated heterocycles. The number of halogens is 2. The van der Waals surface area contributed by atoms with Gasteiger partial charge in [-0.25, -0.2) is 4.68 Å². The van der Waals surface area contributed by atoms with Crippen LogP contribution in [0.2, 0.25) is 10.0 Å². The van der Waals surface area contributed by atoms with Gasteiger partial charge < -0.3 is 4.98 Å². The van der Waals surface area contributed by atoms with Crippen molar-refractivity contribution in [2.75, 3.05) is 0 Å². The Morgan fingerprint density at radius 2 is 1.73 bits per heavy atom. The van der Waals surface area contributed by atoms with Gasteiger partial charge in [-0.15, -0.1) is 0 Å². The number of H-pyrrole nitrogens is 2. The summed E-state index contributed by atoms with van der Waals surface area (Å²) in [6.07, 6.45) is 0. The van der Waals surface area contributed by atoms with E-state index >= 15 is 0 Å². The van der Waals surface area contributed by atoms with Crippen molar-refractivity contribution in [1.29, 1.82) is 0 Å². The topological polar surface area (TPSA) is 87.7 Å². The van der Waals surface area contributed by atoms with Crippen LogP contribution in [-0.2, 0) is 6.54 Å². The summed E-state index contributed by atoms with van der Waals surface area (Å²) >= 11 is 11.9. The molecule has 0 unspecified atom stereocenters. The molecule has 0 amide bonds. The van der Waals surface area contributed by atoms with Crippen molar-refractivity contribution >= 4 is 45.0 Å². The number of fused-ring (bicyclic) bond motifs is 2. The van der Waals surface area contributed by atoms with Gasteiger partial charge in [-0.05, 0) is 35.9 Å². The molecule has 0 aliphatic heterocycles. The first-order valence-corrected chi connectivity index (χ1v) is 8.42. The summed E-state index contributed by atoms with van der Waals surface area (Å²) in [5.41, 5.74) is -0.622. The fourth-order valence-corrected chi connectivity index (χ4v) is 3.32. The highest BCUT2D eigenvalue weighted by Crippen LogP contribution is 2.16. The molecule has 0 spiro atoms. The minimum Gasteiger partial charge on any atom is -0.350 e. The summed E-state index contributed by atoms with van der Waals surface area (Å²) < 4.78 is 1.10. The summed E-state index contributed by atoms with van der Waals surface area (Å²) in [5, 5.41) is 3.53. The molecular weight excluding hydrogens is 377 g/mol. The van der Waals surface area contributed by atoms with E-state index in [2.05, 4.69) is 10.1 Å². The van der Waals surface area contributed by atoms with E-state index in [1.807, 2.05) is 0 Å². The zero-order chi connectivity index (χ0) is 18.4. The van der Waals surface area contributed by atoms with Crippen molar-refractivity contribution in [3.63, 3.8) is 0 Å². The molecule has 8 heteroatoms. The number of aromatic amines is 2. The minimum absolute atomic E-state index is 0.0721. The Morgan fingerprint density at radius 1 is 0.962 bits per heavy atom. The molecule has 0 atom stereocenters. The fraction of sp³-hybridized carbons (Fsp3) is 0.0556. The largest absolute Gasteiger partial charge is 0.350 e. The maximum Gasteiger partial charge on any atom is 0.287 e. The average molecular weight is 388 g/mol. The average Bonchev–Trinajstić information content (AvgIpc) is 2.59. The normalized spacial score (nSPS) is 11.3. The third-order valence-electron chi connectivity index (χ3n) is 4.12. The molecule has 0 aliphatic rings. The van der Waals surface area contributed by atoms with Gasteiger partial charge in [0.15, 0.2) is 0 Å². The lowest BCUT2D eigenvalue weighted by atomic mass is 10.1. The van der Waals surface area contributed by atoms with Gasteiger partial charge in [-0.2, -0.15) is 0 Å². The Hall–Kier alpha value is -2.83. The zero-order valence-corrected chi connectivity index (χ0v) is 14.7. The van der Waals surface area contributed by atoms with Crippen LogP contribution in [0.15, 0.2) is 56.8 Å². The van der Waals surface area contributed by atoms with Crippen LogP contribution in [0.1, 0.15) is 5.56 Å². The maximum absolute atomic E-state index is 12.8. The van der Waals surface area contributed by atoms with E-state index in [0.29, 0.717) is 20.9 Å². The third kappa shape index (κ3) is 2.73. The number of pyridine rings is 1. The van der Waals surface area contributed by atoms with E-state index in [-0.39, 0.29) is 17.4 Å².